The van der Waals surface area contributed by atoms with Crippen LogP contribution in [0.5, 0.6) is 0 Å². The Labute approximate surface area is 147 Å². The van der Waals surface area contributed by atoms with Gasteiger partial charge in [0.1, 0.15) is 5.60 Å². The van der Waals surface area contributed by atoms with Gasteiger partial charge in [-0.15, -0.1) is 0 Å². The van der Waals surface area contributed by atoms with Gasteiger partial charge in [0.2, 0.25) is 0 Å². The van der Waals surface area contributed by atoms with Crippen LogP contribution in [0.2, 0.25) is 0 Å². The number of carbonyl (C=O) groups is 2. The van der Waals surface area contributed by atoms with E-state index in [1.54, 1.807) is 20.8 Å². The van der Waals surface area contributed by atoms with E-state index in [0.717, 1.165) is 5.56 Å². The third kappa shape index (κ3) is 5.35. The molecule has 1 aromatic rings. The number of piperidine rings is 1. The zero-order chi connectivity index (χ0) is 18.6. The maximum atomic E-state index is 12.7. The lowest BCUT2D eigenvalue weighted by atomic mass is 10.0. The van der Waals surface area contributed by atoms with Crippen molar-refractivity contribution in [3.8, 4) is 0 Å². The van der Waals surface area contributed by atoms with Crippen molar-refractivity contribution in [1.29, 1.82) is 0 Å². The van der Waals surface area contributed by atoms with Crippen LogP contribution in [0.1, 0.15) is 32.8 Å². The fourth-order valence-electron chi connectivity index (χ4n) is 2.82. The van der Waals surface area contributed by atoms with Crippen molar-refractivity contribution in [1.82, 2.24) is 9.80 Å². The highest BCUT2D eigenvalue weighted by atomic mass is 16.6. The number of ether oxygens (including phenoxy) is 1. The Morgan fingerprint density at radius 1 is 1.28 bits per heavy atom. The molecule has 0 unspecified atom stereocenters. The van der Waals surface area contributed by atoms with E-state index in [2.05, 4.69) is 0 Å². The monoisotopic (exact) mass is 350 g/mol. The smallest absolute Gasteiger partial charge is 0.410 e. The number of likely N-dealkylation sites (tertiary alicyclic amines) is 1. The van der Waals surface area contributed by atoms with Gasteiger partial charge >= 0.3 is 12.2 Å². The fourth-order valence-corrected chi connectivity index (χ4v) is 2.82. The van der Waals surface area contributed by atoms with Gasteiger partial charge in [-0.1, -0.05) is 30.3 Å². The van der Waals surface area contributed by atoms with Gasteiger partial charge < -0.3 is 19.8 Å². The molecule has 0 aliphatic carbocycles. The van der Waals surface area contributed by atoms with Crippen LogP contribution in [-0.4, -0.2) is 63.0 Å². The fraction of sp³-hybridized carbons (Fsp3) is 0.556. The van der Waals surface area contributed by atoms with Crippen LogP contribution in [0.15, 0.2) is 30.3 Å². The number of hydrogen-bond acceptors (Lipinski definition) is 4. The molecule has 1 aliphatic rings. The Bertz CT molecular complexity index is 599. The lowest BCUT2D eigenvalue weighted by Crippen LogP contribution is -2.58. The summed E-state index contributed by atoms with van der Waals surface area (Å²) in [7, 11) is 0. The maximum absolute atomic E-state index is 12.7. The SMILES string of the molecule is CC(C)(C)OC(=O)N(Cc1ccccc1)[C@H]1CN(C(=O)O)CC[C@@H]1O. The van der Waals surface area contributed by atoms with Crippen LogP contribution >= 0.6 is 0 Å². The van der Waals surface area contributed by atoms with Crippen molar-refractivity contribution < 1.29 is 24.5 Å². The van der Waals surface area contributed by atoms with Crippen LogP contribution in [0.3, 0.4) is 0 Å². The van der Waals surface area contributed by atoms with Gasteiger partial charge in [-0.25, -0.2) is 9.59 Å². The number of hydrogen-bond donors (Lipinski definition) is 2. The Balaban J connectivity index is 2.25. The zero-order valence-electron chi connectivity index (χ0n) is 14.9. The number of nitrogens with zero attached hydrogens (tertiary/aromatic N) is 2. The molecule has 1 fully saturated rings. The van der Waals surface area contributed by atoms with E-state index in [0.29, 0.717) is 0 Å². The third-order valence-electron chi connectivity index (χ3n) is 4.04. The predicted octanol–water partition coefficient (Wildman–Crippen LogP) is 2.54. The molecule has 1 aliphatic heterocycles. The Hall–Kier alpha value is -2.28. The van der Waals surface area contributed by atoms with Crippen molar-refractivity contribution in [2.45, 2.75) is 51.5 Å². The van der Waals surface area contributed by atoms with E-state index in [9.17, 15) is 19.8 Å². The minimum atomic E-state index is -1.05. The summed E-state index contributed by atoms with van der Waals surface area (Å²) >= 11 is 0. The number of benzene rings is 1. The Morgan fingerprint density at radius 2 is 1.92 bits per heavy atom. The van der Waals surface area contributed by atoms with Crippen molar-refractivity contribution in [3.63, 3.8) is 0 Å². The number of aliphatic hydroxyl groups excluding tert-OH is 1. The van der Waals surface area contributed by atoms with Crippen molar-refractivity contribution in [2.75, 3.05) is 13.1 Å². The molecule has 0 radical (unpaired) electrons. The van der Waals surface area contributed by atoms with Crippen molar-refractivity contribution in [3.05, 3.63) is 35.9 Å². The summed E-state index contributed by atoms with van der Waals surface area (Å²) in [5.74, 6) is 0. The molecule has 2 amide bonds. The summed E-state index contributed by atoms with van der Waals surface area (Å²) in [4.78, 5) is 26.7. The zero-order valence-corrected chi connectivity index (χ0v) is 14.9. The number of rotatable bonds is 3. The number of carbonyl (C=O) groups excluding carboxylic acids is 1. The summed E-state index contributed by atoms with van der Waals surface area (Å²) in [6.45, 7) is 5.86. The van der Waals surface area contributed by atoms with Crippen LogP contribution in [0.25, 0.3) is 0 Å². The largest absolute Gasteiger partial charge is 0.465 e. The second kappa shape index (κ2) is 7.74. The van der Waals surface area contributed by atoms with Crippen LogP contribution in [0.4, 0.5) is 9.59 Å². The number of carboxylic acid groups (broad SMARTS) is 1. The van der Waals surface area contributed by atoms with Crippen molar-refractivity contribution >= 4 is 12.2 Å². The van der Waals surface area contributed by atoms with E-state index in [4.69, 9.17) is 4.74 Å². The number of aliphatic hydroxyl groups is 1. The minimum absolute atomic E-state index is 0.0581. The molecule has 2 rings (SSSR count). The minimum Gasteiger partial charge on any atom is -0.465 e. The normalized spacial score (nSPS) is 20.9. The molecule has 25 heavy (non-hydrogen) atoms. The van der Waals surface area contributed by atoms with Gasteiger partial charge in [-0.2, -0.15) is 0 Å². The first kappa shape index (κ1) is 19.1. The first-order chi connectivity index (χ1) is 11.7. The lowest BCUT2D eigenvalue weighted by molar-refractivity contribution is -0.0319. The van der Waals surface area contributed by atoms with E-state index >= 15 is 0 Å². The highest BCUT2D eigenvalue weighted by Crippen LogP contribution is 2.22. The second-order valence-electron chi connectivity index (χ2n) is 7.25. The van der Waals surface area contributed by atoms with Gasteiger partial charge in [0.25, 0.3) is 0 Å². The molecule has 2 atom stereocenters. The quantitative estimate of drug-likeness (QED) is 0.874. The summed E-state index contributed by atoms with van der Waals surface area (Å²) in [6, 6.07) is 8.71. The van der Waals surface area contributed by atoms with Gasteiger partial charge in [-0.05, 0) is 32.8 Å². The summed E-state index contributed by atoms with van der Waals surface area (Å²) in [6.07, 6.45) is -2.13. The Morgan fingerprint density at radius 3 is 2.48 bits per heavy atom. The van der Waals surface area contributed by atoms with E-state index in [-0.39, 0.29) is 26.1 Å². The summed E-state index contributed by atoms with van der Waals surface area (Å²) in [5.41, 5.74) is 0.200. The van der Waals surface area contributed by atoms with E-state index in [1.807, 2.05) is 30.3 Å². The second-order valence-corrected chi connectivity index (χ2v) is 7.25. The molecule has 138 valence electrons. The number of amides is 2. The average molecular weight is 350 g/mol. The highest BCUT2D eigenvalue weighted by molar-refractivity contribution is 5.69. The van der Waals surface area contributed by atoms with Crippen molar-refractivity contribution in [2.24, 2.45) is 0 Å². The molecule has 0 bridgehead atoms. The Kier molecular flexibility index (Phi) is 5.89. The molecule has 1 aromatic carbocycles. The topological polar surface area (TPSA) is 90.3 Å². The molecule has 2 N–H and O–H groups in total. The molecule has 1 saturated heterocycles. The molecule has 0 saturated carbocycles. The van der Waals surface area contributed by atoms with Gasteiger partial charge in [-0.3, -0.25) is 4.90 Å². The van der Waals surface area contributed by atoms with E-state index in [1.165, 1.54) is 9.80 Å². The highest BCUT2D eigenvalue weighted by Gasteiger charge is 2.38. The molecule has 7 nitrogen and oxygen atoms in total. The lowest BCUT2D eigenvalue weighted by Gasteiger charge is -2.41. The van der Waals surface area contributed by atoms with Gasteiger partial charge in [0, 0.05) is 19.6 Å². The maximum Gasteiger partial charge on any atom is 0.410 e. The third-order valence-corrected chi connectivity index (χ3v) is 4.04. The van der Waals surface area contributed by atoms with Gasteiger partial charge in [0.15, 0.2) is 0 Å². The van der Waals surface area contributed by atoms with Crippen LogP contribution in [0, 0.1) is 0 Å². The summed E-state index contributed by atoms with van der Waals surface area (Å²) < 4.78 is 5.48. The first-order valence-electron chi connectivity index (χ1n) is 8.37. The standard InChI is InChI=1S/C18H26N2O5/c1-18(2,3)25-17(24)20(11-13-7-5-4-6-8-13)14-12-19(16(22)23)10-9-15(14)21/h4-8,14-15,21H,9-12H2,1-3H3,(H,22,23)/t14-,15-/m0/s1. The molecule has 1 heterocycles. The van der Waals surface area contributed by atoms with Crippen LogP contribution in [-0.2, 0) is 11.3 Å². The summed E-state index contributed by atoms with van der Waals surface area (Å²) in [5, 5.41) is 19.6. The molecule has 0 spiro atoms. The first-order valence-corrected chi connectivity index (χ1v) is 8.37. The predicted molar refractivity (Wildman–Crippen MR) is 92.2 cm³/mol. The molecule has 7 heteroatoms. The molecular formula is C18H26N2O5. The van der Waals surface area contributed by atoms with E-state index < -0.39 is 29.9 Å². The average Bonchev–Trinajstić information content (AvgIpc) is 2.52. The van der Waals surface area contributed by atoms with Crippen LogP contribution < -0.4 is 0 Å². The van der Waals surface area contributed by atoms with Gasteiger partial charge in [0.05, 0.1) is 12.1 Å². The molecule has 0 aromatic heterocycles. The molecular weight excluding hydrogens is 324 g/mol.